The lowest BCUT2D eigenvalue weighted by Gasteiger charge is -1.99. The van der Waals surface area contributed by atoms with E-state index in [2.05, 4.69) is 4.98 Å². The summed E-state index contributed by atoms with van der Waals surface area (Å²) in [6.45, 7) is 0.0753. The molecule has 0 aliphatic heterocycles. The van der Waals surface area contributed by atoms with E-state index in [4.69, 9.17) is 9.84 Å². The van der Waals surface area contributed by atoms with Crippen molar-refractivity contribution in [2.24, 2.45) is 0 Å². The third-order valence-electron chi connectivity index (χ3n) is 1.58. The lowest BCUT2D eigenvalue weighted by Crippen LogP contribution is -2.06. The first-order valence-electron chi connectivity index (χ1n) is 4.08. The van der Waals surface area contributed by atoms with Crippen LogP contribution >= 0.6 is 0 Å². The number of nitrogens with zero attached hydrogens (tertiary/aromatic N) is 1. The van der Waals surface area contributed by atoms with Gasteiger partial charge < -0.3 is 9.84 Å². The van der Waals surface area contributed by atoms with E-state index in [0.717, 1.165) is 0 Å². The lowest BCUT2D eigenvalue weighted by molar-refractivity contribution is -0.133. The van der Waals surface area contributed by atoms with E-state index >= 15 is 0 Å². The number of carboxylic acid groups (broad SMARTS) is 1. The molecule has 4 nitrogen and oxygen atoms in total. The van der Waals surface area contributed by atoms with Crippen molar-refractivity contribution in [1.29, 1.82) is 0 Å². The molecular formula is C10H11NO3. The van der Waals surface area contributed by atoms with Crippen LogP contribution < -0.4 is 0 Å². The van der Waals surface area contributed by atoms with Crippen molar-refractivity contribution in [2.45, 2.75) is 0 Å². The van der Waals surface area contributed by atoms with Gasteiger partial charge in [0.25, 0.3) is 0 Å². The van der Waals surface area contributed by atoms with E-state index < -0.39 is 5.97 Å². The normalized spacial score (nSPS) is 11.4. The molecule has 74 valence electrons. The molecule has 4 heteroatoms. The Morgan fingerprint density at radius 2 is 2.43 bits per heavy atom. The third kappa shape index (κ3) is 2.99. The van der Waals surface area contributed by atoms with Gasteiger partial charge in [0.1, 0.15) is 0 Å². The first kappa shape index (κ1) is 10.4. The molecule has 0 aromatic carbocycles. The van der Waals surface area contributed by atoms with Gasteiger partial charge in [-0.05, 0) is 18.2 Å². The average Bonchev–Trinajstić information content (AvgIpc) is 2.18. The van der Waals surface area contributed by atoms with Crippen molar-refractivity contribution >= 4 is 12.0 Å². The van der Waals surface area contributed by atoms with Crippen LogP contribution in [0.25, 0.3) is 6.08 Å². The summed E-state index contributed by atoms with van der Waals surface area (Å²) in [7, 11) is 1.45. The summed E-state index contributed by atoms with van der Waals surface area (Å²) >= 11 is 0. The van der Waals surface area contributed by atoms with Crippen LogP contribution in [0.4, 0.5) is 0 Å². The van der Waals surface area contributed by atoms with Gasteiger partial charge in [-0.25, -0.2) is 4.79 Å². The molecule has 1 rings (SSSR count). The van der Waals surface area contributed by atoms with Crippen molar-refractivity contribution in [1.82, 2.24) is 4.98 Å². The largest absolute Gasteiger partial charge is 0.478 e. The van der Waals surface area contributed by atoms with Gasteiger partial charge in [-0.2, -0.15) is 0 Å². The maximum atomic E-state index is 10.7. The van der Waals surface area contributed by atoms with Gasteiger partial charge in [-0.15, -0.1) is 0 Å². The first-order valence-corrected chi connectivity index (χ1v) is 4.08. The van der Waals surface area contributed by atoms with Gasteiger partial charge >= 0.3 is 5.97 Å². The lowest BCUT2D eigenvalue weighted by atomic mass is 10.2. The highest BCUT2D eigenvalue weighted by Gasteiger charge is 2.06. The van der Waals surface area contributed by atoms with Gasteiger partial charge in [-0.1, -0.05) is 6.07 Å². The Bertz CT molecular complexity index is 332. The van der Waals surface area contributed by atoms with Crippen molar-refractivity contribution in [3.05, 3.63) is 35.7 Å². The SMILES string of the molecule is COC/C(=C\c1ccccn1)C(=O)O. The molecule has 0 aliphatic rings. The molecule has 14 heavy (non-hydrogen) atoms. The van der Waals surface area contributed by atoms with Crippen LogP contribution in [0.1, 0.15) is 5.69 Å². The number of ether oxygens (including phenoxy) is 1. The first-order chi connectivity index (χ1) is 6.74. The minimum Gasteiger partial charge on any atom is -0.478 e. The zero-order valence-electron chi connectivity index (χ0n) is 7.80. The van der Waals surface area contributed by atoms with Crippen LogP contribution in [0.2, 0.25) is 0 Å². The highest BCUT2D eigenvalue weighted by atomic mass is 16.5. The Kier molecular flexibility index (Phi) is 3.82. The van der Waals surface area contributed by atoms with E-state index in [1.54, 1.807) is 24.4 Å². The van der Waals surface area contributed by atoms with Crippen molar-refractivity contribution in [3.63, 3.8) is 0 Å². The van der Waals surface area contributed by atoms with E-state index in [-0.39, 0.29) is 12.2 Å². The van der Waals surface area contributed by atoms with E-state index in [0.29, 0.717) is 5.69 Å². The van der Waals surface area contributed by atoms with E-state index in [1.807, 2.05) is 0 Å². The summed E-state index contributed by atoms with van der Waals surface area (Å²) < 4.78 is 4.76. The van der Waals surface area contributed by atoms with Crippen LogP contribution in [0.5, 0.6) is 0 Å². The third-order valence-corrected chi connectivity index (χ3v) is 1.58. The van der Waals surface area contributed by atoms with Crippen LogP contribution in [0.15, 0.2) is 30.0 Å². The molecular weight excluding hydrogens is 182 g/mol. The molecule has 0 aliphatic carbocycles. The molecule has 1 aromatic rings. The zero-order valence-corrected chi connectivity index (χ0v) is 7.80. The number of hydrogen-bond acceptors (Lipinski definition) is 3. The second-order valence-corrected chi connectivity index (χ2v) is 2.66. The number of aromatic nitrogens is 1. The van der Waals surface area contributed by atoms with Crippen molar-refractivity contribution < 1.29 is 14.6 Å². The Labute approximate surface area is 81.9 Å². The number of rotatable bonds is 4. The van der Waals surface area contributed by atoms with Gasteiger partial charge in [0.05, 0.1) is 17.9 Å². The summed E-state index contributed by atoms with van der Waals surface area (Å²) in [6.07, 6.45) is 3.10. The van der Waals surface area contributed by atoms with Crippen LogP contribution in [-0.4, -0.2) is 29.8 Å². The quantitative estimate of drug-likeness (QED) is 0.730. The van der Waals surface area contributed by atoms with Crippen molar-refractivity contribution in [2.75, 3.05) is 13.7 Å². The van der Waals surface area contributed by atoms with Crippen molar-refractivity contribution in [3.8, 4) is 0 Å². The fourth-order valence-electron chi connectivity index (χ4n) is 0.961. The molecule has 1 heterocycles. The summed E-state index contributed by atoms with van der Waals surface area (Å²) in [6, 6.07) is 5.30. The Morgan fingerprint density at radius 1 is 1.64 bits per heavy atom. The predicted octanol–water partition coefficient (Wildman–Crippen LogP) is 1.20. The topological polar surface area (TPSA) is 59.4 Å². The zero-order chi connectivity index (χ0) is 10.4. The van der Waals surface area contributed by atoms with Crippen LogP contribution in [-0.2, 0) is 9.53 Å². The summed E-state index contributed by atoms with van der Waals surface area (Å²) in [4.78, 5) is 14.7. The minimum atomic E-state index is -0.988. The highest BCUT2D eigenvalue weighted by Crippen LogP contribution is 2.04. The number of carboxylic acids is 1. The summed E-state index contributed by atoms with van der Waals surface area (Å²) in [5.74, 6) is -0.988. The fourth-order valence-corrected chi connectivity index (χ4v) is 0.961. The molecule has 0 unspecified atom stereocenters. The molecule has 0 spiro atoms. The summed E-state index contributed by atoms with van der Waals surface area (Å²) in [5.41, 5.74) is 0.799. The summed E-state index contributed by atoms with van der Waals surface area (Å²) in [5, 5.41) is 8.79. The molecule has 1 aromatic heterocycles. The monoisotopic (exact) mass is 193 g/mol. The van der Waals surface area contributed by atoms with Crippen LogP contribution in [0, 0.1) is 0 Å². The number of methoxy groups -OCH3 is 1. The smallest absolute Gasteiger partial charge is 0.334 e. The molecule has 1 N–H and O–H groups in total. The molecule has 0 atom stereocenters. The Hall–Kier alpha value is -1.68. The van der Waals surface area contributed by atoms with Gasteiger partial charge in [0.15, 0.2) is 0 Å². The molecule has 0 saturated heterocycles. The predicted molar refractivity (Wildman–Crippen MR) is 51.7 cm³/mol. The Balaban J connectivity index is 2.88. The number of aliphatic carboxylic acids is 1. The second kappa shape index (κ2) is 5.14. The average molecular weight is 193 g/mol. The number of carbonyl (C=O) groups is 1. The van der Waals surface area contributed by atoms with E-state index in [9.17, 15) is 4.79 Å². The Morgan fingerprint density at radius 3 is 2.93 bits per heavy atom. The number of hydrogen-bond donors (Lipinski definition) is 1. The molecule has 0 radical (unpaired) electrons. The van der Waals surface area contributed by atoms with Gasteiger partial charge in [0.2, 0.25) is 0 Å². The number of pyridine rings is 1. The molecule has 0 fully saturated rings. The minimum absolute atomic E-state index is 0.0753. The standard InChI is InChI=1S/C10H11NO3/c1-14-7-8(10(12)13)6-9-4-2-3-5-11-9/h2-6H,7H2,1H3,(H,12,13)/b8-6+. The fraction of sp³-hybridized carbons (Fsp3) is 0.200. The van der Waals surface area contributed by atoms with E-state index in [1.165, 1.54) is 13.2 Å². The van der Waals surface area contributed by atoms with Gasteiger partial charge in [-0.3, -0.25) is 4.98 Å². The molecule has 0 bridgehead atoms. The highest BCUT2D eigenvalue weighted by molar-refractivity contribution is 5.92. The van der Waals surface area contributed by atoms with Gasteiger partial charge in [0, 0.05) is 13.3 Å². The maximum absolute atomic E-state index is 10.7. The maximum Gasteiger partial charge on any atom is 0.334 e. The molecule has 0 amide bonds. The molecule has 0 saturated carbocycles. The second-order valence-electron chi connectivity index (χ2n) is 2.66. The van der Waals surface area contributed by atoms with Crippen LogP contribution in [0.3, 0.4) is 0 Å².